The van der Waals surface area contributed by atoms with Gasteiger partial charge in [-0.05, 0) is 70.6 Å². The summed E-state index contributed by atoms with van der Waals surface area (Å²) in [6.07, 6.45) is 41.7. The van der Waals surface area contributed by atoms with Crippen molar-refractivity contribution >= 4 is 11.9 Å². The van der Waals surface area contributed by atoms with E-state index >= 15 is 0 Å². The maximum absolute atomic E-state index is 12.8. The van der Waals surface area contributed by atoms with Crippen LogP contribution in [0.5, 0.6) is 0 Å². The van der Waals surface area contributed by atoms with E-state index in [1.807, 2.05) is 0 Å². The van der Waals surface area contributed by atoms with Crippen molar-refractivity contribution in [2.45, 2.75) is 256 Å². The third-order valence-corrected chi connectivity index (χ3v) is 11.5. The summed E-state index contributed by atoms with van der Waals surface area (Å²) < 4.78 is 22.1. The molecule has 356 valence electrons. The number of unbranched alkanes of at least 4 members (excludes halogenated alkanes) is 25. The van der Waals surface area contributed by atoms with Crippen LogP contribution in [0.2, 0.25) is 0 Å². The number of hydrogen-bond donors (Lipinski definition) is 4. The van der Waals surface area contributed by atoms with E-state index in [4.69, 9.17) is 18.9 Å². The quantitative estimate of drug-likeness (QED) is 0.0265. The van der Waals surface area contributed by atoms with Crippen LogP contribution in [-0.4, -0.2) is 89.0 Å². The summed E-state index contributed by atoms with van der Waals surface area (Å²) in [5, 5.41) is 40.1. The van der Waals surface area contributed by atoms with Crippen LogP contribution in [0.4, 0.5) is 0 Å². The van der Waals surface area contributed by atoms with Crippen LogP contribution in [0.15, 0.2) is 36.5 Å². The molecule has 1 heterocycles. The zero-order valence-electron chi connectivity index (χ0n) is 38.9. The Morgan fingerprint density at radius 2 is 0.902 bits per heavy atom. The fraction of sp³-hybridized carbons (Fsp3) is 0.843. The van der Waals surface area contributed by atoms with Crippen molar-refractivity contribution in [3.05, 3.63) is 36.5 Å². The molecule has 0 aliphatic carbocycles. The van der Waals surface area contributed by atoms with Gasteiger partial charge in [-0.3, -0.25) is 9.59 Å². The lowest BCUT2D eigenvalue weighted by Gasteiger charge is -2.39. The van der Waals surface area contributed by atoms with Gasteiger partial charge >= 0.3 is 11.9 Å². The summed E-state index contributed by atoms with van der Waals surface area (Å²) in [5.41, 5.74) is 0. The molecule has 0 saturated carbocycles. The summed E-state index contributed by atoms with van der Waals surface area (Å²) in [5.74, 6) is -0.862. The summed E-state index contributed by atoms with van der Waals surface area (Å²) in [6.45, 7) is 3.38. The Labute approximate surface area is 372 Å². The standard InChI is InChI=1S/C51H92O10/c1-3-5-7-9-11-13-15-17-18-19-20-21-22-23-24-25-26-28-29-31-33-35-37-39-46(53)58-42-44(43-59-51-50(57)49(56)48(55)45(41-52)61-51)60-47(54)40-38-36-34-32-30-27-16-14-12-10-8-6-4-2/h14,16,25-26,31,33,44-45,48-52,55-57H,3-13,15,17-24,27-30,32,34-43H2,1-2H3/b16-14+,26-25+,33-31+/t44-,45-,48+,49?,50?,51-/m0/s1. The van der Waals surface area contributed by atoms with E-state index in [0.717, 1.165) is 64.2 Å². The van der Waals surface area contributed by atoms with Crippen LogP contribution >= 0.6 is 0 Å². The van der Waals surface area contributed by atoms with Gasteiger partial charge in [0.25, 0.3) is 0 Å². The molecule has 0 amide bonds. The van der Waals surface area contributed by atoms with Gasteiger partial charge in [0.15, 0.2) is 12.4 Å². The van der Waals surface area contributed by atoms with Crippen molar-refractivity contribution in [2.75, 3.05) is 19.8 Å². The second-order valence-electron chi connectivity index (χ2n) is 17.2. The Morgan fingerprint density at radius 1 is 0.492 bits per heavy atom. The minimum absolute atomic E-state index is 0.212. The number of ether oxygens (including phenoxy) is 4. The second kappa shape index (κ2) is 41.9. The average Bonchev–Trinajstić information content (AvgIpc) is 3.26. The molecule has 61 heavy (non-hydrogen) atoms. The summed E-state index contributed by atoms with van der Waals surface area (Å²) in [6, 6.07) is 0. The Morgan fingerprint density at radius 3 is 1.39 bits per heavy atom. The SMILES string of the molecule is CCCCCC/C=C/CCCCCCCC(=O)O[C@@H](COC(=O)CCC/C=C/CC/C=C/CCCCCCCCCCCCCCCC)CO[C@H]1O[C@@H](CO)[C@@H](O)C(O)C1O. The number of allylic oxidation sites excluding steroid dienone is 6. The van der Waals surface area contributed by atoms with Crippen LogP contribution in [0.3, 0.4) is 0 Å². The molecule has 10 nitrogen and oxygen atoms in total. The van der Waals surface area contributed by atoms with Gasteiger partial charge in [0.2, 0.25) is 0 Å². The number of rotatable bonds is 42. The molecule has 1 rings (SSSR count). The topological polar surface area (TPSA) is 152 Å². The van der Waals surface area contributed by atoms with Crippen LogP contribution in [0.25, 0.3) is 0 Å². The third kappa shape index (κ3) is 33.1. The largest absolute Gasteiger partial charge is 0.462 e. The van der Waals surface area contributed by atoms with Gasteiger partial charge in [-0.25, -0.2) is 0 Å². The molecule has 0 spiro atoms. The van der Waals surface area contributed by atoms with Gasteiger partial charge in [-0.15, -0.1) is 0 Å². The molecule has 6 atom stereocenters. The molecule has 0 aromatic rings. The molecule has 0 bridgehead atoms. The maximum Gasteiger partial charge on any atom is 0.306 e. The molecule has 4 N–H and O–H groups in total. The first-order valence-corrected chi connectivity index (χ1v) is 25.1. The Kier molecular flexibility index (Phi) is 39.1. The first-order valence-electron chi connectivity index (χ1n) is 25.1. The van der Waals surface area contributed by atoms with Gasteiger partial charge in [0.1, 0.15) is 31.0 Å². The lowest BCUT2D eigenvalue weighted by Crippen LogP contribution is -2.59. The summed E-state index contributed by atoms with van der Waals surface area (Å²) >= 11 is 0. The number of carbonyl (C=O) groups excluding carboxylic acids is 2. The zero-order chi connectivity index (χ0) is 44.4. The molecule has 0 aromatic carbocycles. The van der Waals surface area contributed by atoms with Crippen molar-refractivity contribution in [1.82, 2.24) is 0 Å². The maximum atomic E-state index is 12.8. The highest BCUT2D eigenvalue weighted by Gasteiger charge is 2.44. The Balaban J connectivity index is 2.27. The van der Waals surface area contributed by atoms with E-state index in [1.54, 1.807) is 0 Å². The highest BCUT2D eigenvalue weighted by molar-refractivity contribution is 5.70. The van der Waals surface area contributed by atoms with Crippen LogP contribution in [0.1, 0.15) is 219 Å². The van der Waals surface area contributed by atoms with Crippen molar-refractivity contribution in [3.63, 3.8) is 0 Å². The van der Waals surface area contributed by atoms with Gasteiger partial charge in [-0.1, -0.05) is 172 Å². The molecule has 1 aliphatic heterocycles. The second-order valence-corrected chi connectivity index (χ2v) is 17.2. The van der Waals surface area contributed by atoms with Crippen molar-refractivity contribution < 1.29 is 49.0 Å². The van der Waals surface area contributed by atoms with Gasteiger partial charge in [-0.2, -0.15) is 0 Å². The Bertz CT molecular complexity index is 1090. The molecule has 10 heteroatoms. The first-order chi connectivity index (χ1) is 29.8. The zero-order valence-corrected chi connectivity index (χ0v) is 38.9. The summed E-state index contributed by atoms with van der Waals surface area (Å²) in [4.78, 5) is 25.4. The summed E-state index contributed by atoms with van der Waals surface area (Å²) in [7, 11) is 0. The minimum atomic E-state index is -1.60. The number of hydrogen-bond acceptors (Lipinski definition) is 10. The van der Waals surface area contributed by atoms with E-state index in [2.05, 4.69) is 50.3 Å². The average molecular weight is 865 g/mol. The van der Waals surface area contributed by atoms with E-state index < -0.39 is 55.4 Å². The van der Waals surface area contributed by atoms with E-state index in [0.29, 0.717) is 12.8 Å². The normalized spacial score (nSPS) is 20.0. The molecule has 2 unspecified atom stereocenters. The molecular weight excluding hydrogens is 773 g/mol. The molecule has 0 radical (unpaired) electrons. The molecular formula is C51H92O10. The number of esters is 2. The monoisotopic (exact) mass is 865 g/mol. The van der Waals surface area contributed by atoms with E-state index in [1.165, 1.54) is 116 Å². The van der Waals surface area contributed by atoms with Crippen LogP contribution < -0.4 is 0 Å². The minimum Gasteiger partial charge on any atom is -0.462 e. The lowest BCUT2D eigenvalue weighted by molar-refractivity contribution is -0.305. The fourth-order valence-corrected chi connectivity index (χ4v) is 7.50. The lowest BCUT2D eigenvalue weighted by atomic mass is 9.99. The van der Waals surface area contributed by atoms with Crippen LogP contribution in [-0.2, 0) is 28.5 Å². The number of aliphatic hydroxyl groups is 4. The van der Waals surface area contributed by atoms with Gasteiger partial charge in [0.05, 0.1) is 13.2 Å². The highest BCUT2D eigenvalue weighted by atomic mass is 16.7. The smallest absolute Gasteiger partial charge is 0.306 e. The molecule has 1 saturated heterocycles. The fourth-order valence-electron chi connectivity index (χ4n) is 7.50. The first kappa shape index (κ1) is 56.9. The Hall–Kier alpha value is -2.08. The molecule has 1 fully saturated rings. The van der Waals surface area contributed by atoms with Gasteiger partial charge in [0, 0.05) is 12.8 Å². The van der Waals surface area contributed by atoms with E-state index in [9.17, 15) is 30.0 Å². The number of carbonyl (C=O) groups is 2. The van der Waals surface area contributed by atoms with Crippen molar-refractivity contribution in [3.8, 4) is 0 Å². The predicted octanol–water partition coefficient (Wildman–Crippen LogP) is 11.4. The number of aliphatic hydroxyl groups excluding tert-OH is 4. The highest BCUT2D eigenvalue weighted by Crippen LogP contribution is 2.23. The predicted molar refractivity (Wildman–Crippen MR) is 247 cm³/mol. The molecule has 1 aliphatic rings. The van der Waals surface area contributed by atoms with Crippen molar-refractivity contribution in [2.24, 2.45) is 0 Å². The molecule has 0 aromatic heterocycles. The third-order valence-electron chi connectivity index (χ3n) is 11.5. The van der Waals surface area contributed by atoms with E-state index in [-0.39, 0.29) is 26.1 Å². The van der Waals surface area contributed by atoms with Crippen molar-refractivity contribution in [1.29, 1.82) is 0 Å². The van der Waals surface area contributed by atoms with Gasteiger partial charge < -0.3 is 39.4 Å². The van der Waals surface area contributed by atoms with Crippen LogP contribution in [0, 0.1) is 0 Å².